The van der Waals surface area contributed by atoms with E-state index in [2.05, 4.69) is 40.7 Å². The van der Waals surface area contributed by atoms with Gasteiger partial charge in [0.2, 0.25) is 5.95 Å². The summed E-state index contributed by atoms with van der Waals surface area (Å²) < 4.78 is 0. The van der Waals surface area contributed by atoms with Gasteiger partial charge in [0.15, 0.2) is 0 Å². The van der Waals surface area contributed by atoms with Gasteiger partial charge in [0, 0.05) is 37.1 Å². The second-order valence-corrected chi connectivity index (χ2v) is 9.50. The molecule has 0 saturated carbocycles. The van der Waals surface area contributed by atoms with Crippen molar-refractivity contribution in [3.05, 3.63) is 16.6 Å². The van der Waals surface area contributed by atoms with Crippen molar-refractivity contribution in [3.8, 4) is 10.7 Å². The molecule has 1 saturated heterocycles. The van der Waals surface area contributed by atoms with Gasteiger partial charge in [-0.2, -0.15) is 4.98 Å². The smallest absolute Gasteiger partial charge is 0.222 e. The highest BCUT2D eigenvalue weighted by Gasteiger charge is 2.20. The van der Waals surface area contributed by atoms with E-state index in [9.17, 15) is 0 Å². The summed E-state index contributed by atoms with van der Waals surface area (Å²) in [7, 11) is 2.15. The van der Waals surface area contributed by atoms with Crippen molar-refractivity contribution >= 4 is 23.1 Å². The molecule has 7 heteroatoms. The van der Waals surface area contributed by atoms with Gasteiger partial charge in [-0.1, -0.05) is 46.0 Å². The molecule has 0 bridgehead atoms. The van der Waals surface area contributed by atoms with Crippen LogP contribution in [0.2, 0.25) is 0 Å². The fourth-order valence-electron chi connectivity index (χ4n) is 3.90. The highest BCUT2D eigenvalue weighted by molar-refractivity contribution is 7.15. The molecular formula is C23H38N6S. The summed E-state index contributed by atoms with van der Waals surface area (Å²) in [5.41, 5.74) is 8.10. The number of nitrogens with two attached hydrogens (primary N) is 1. The number of hydrogen-bond acceptors (Lipinski definition) is 7. The van der Waals surface area contributed by atoms with E-state index in [0.29, 0.717) is 5.95 Å². The molecule has 4 rings (SSSR count). The predicted molar refractivity (Wildman–Crippen MR) is 128 cm³/mol. The Bertz CT molecular complexity index is 754. The maximum Gasteiger partial charge on any atom is 0.222 e. The van der Waals surface area contributed by atoms with Crippen molar-refractivity contribution in [3.63, 3.8) is 0 Å². The van der Waals surface area contributed by atoms with Crippen molar-refractivity contribution in [2.24, 2.45) is 0 Å². The number of fused-ring (bicyclic) bond motifs is 1. The lowest BCUT2D eigenvalue weighted by Crippen LogP contribution is -2.44. The number of aromatic nitrogens is 3. The van der Waals surface area contributed by atoms with Crippen LogP contribution >= 0.6 is 11.3 Å². The standard InChI is InChI=1S/C16H22N6S.C7H16/c1-21-6-8-22(9-7-21)14-10-12(19-16(17)20-14)15-18-11-4-2-3-5-13(11)23-15;1-3-5-7-6-4-2/h10H,2-9H2,1H3,(H2,17,19,20);3-7H2,1-2H3. The summed E-state index contributed by atoms with van der Waals surface area (Å²) in [6.07, 6.45) is 11.8. The first-order valence-electron chi connectivity index (χ1n) is 11.7. The lowest BCUT2D eigenvalue weighted by molar-refractivity contribution is 0.312. The van der Waals surface area contributed by atoms with E-state index in [1.54, 1.807) is 11.3 Å². The van der Waals surface area contributed by atoms with E-state index in [0.717, 1.165) is 55.5 Å². The van der Waals surface area contributed by atoms with Crippen LogP contribution in [0.15, 0.2) is 6.07 Å². The number of anilines is 2. The fourth-order valence-corrected chi connectivity index (χ4v) is 5.01. The SMILES string of the molecule is CCCCCCC.CN1CCN(c2cc(-c3nc4c(s3)CCCC4)nc(N)n2)CC1. The molecule has 3 heterocycles. The number of rotatable bonds is 6. The topological polar surface area (TPSA) is 71.2 Å². The summed E-state index contributed by atoms with van der Waals surface area (Å²) in [6.45, 7) is 8.53. The normalized spacial score (nSPS) is 16.7. The summed E-state index contributed by atoms with van der Waals surface area (Å²) in [5.74, 6) is 1.26. The van der Waals surface area contributed by atoms with Crippen LogP contribution in [0.3, 0.4) is 0 Å². The first kappa shape index (κ1) is 22.9. The number of unbranched alkanes of at least 4 members (excludes halogenated alkanes) is 4. The first-order valence-corrected chi connectivity index (χ1v) is 12.5. The summed E-state index contributed by atoms with van der Waals surface area (Å²) in [5, 5.41) is 0.987. The molecule has 0 aromatic carbocycles. The molecule has 0 radical (unpaired) electrons. The highest BCUT2D eigenvalue weighted by Crippen LogP contribution is 2.33. The molecule has 0 spiro atoms. The van der Waals surface area contributed by atoms with Crippen molar-refractivity contribution in [2.45, 2.75) is 71.6 Å². The molecule has 1 fully saturated rings. The molecule has 0 unspecified atom stereocenters. The Morgan fingerprint density at radius 3 is 2.30 bits per heavy atom. The molecule has 6 nitrogen and oxygen atoms in total. The van der Waals surface area contributed by atoms with Crippen LogP contribution in [0.1, 0.15) is 69.4 Å². The zero-order chi connectivity index (χ0) is 21.3. The van der Waals surface area contributed by atoms with E-state index < -0.39 is 0 Å². The van der Waals surface area contributed by atoms with Crippen molar-refractivity contribution < 1.29 is 0 Å². The van der Waals surface area contributed by atoms with Crippen molar-refractivity contribution in [1.29, 1.82) is 0 Å². The van der Waals surface area contributed by atoms with Gasteiger partial charge in [0.25, 0.3) is 0 Å². The Morgan fingerprint density at radius 1 is 0.933 bits per heavy atom. The molecule has 2 aromatic heterocycles. The lowest BCUT2D eigenvalue weighted by atomic mass is 10.0. The van der Waals surface area contributed by atoms with Crippen molar-refractivity contribution in [2.75, 3.05) is 43.9 Å². The molecule has 0 amide bonds. The van der Waals surface area contributed by atoms with Crippen LogP contribution in [-0.4, -0.2) is 53.1 Å². The van der Waals surface area contributed by atoms with E-state index in [4.69, 9.17) is 10.7 Å². The van der Waals surface area contributed by atoms with Gasteiger partial charge in [-0.15, -0.1) is 11.3 Å². The zero-order valence-electron chi connectivity index (χ0n) is 19.0. The molecule has 0 atom stereocenters. The largest absolute Gasteiger partial charge is 0.368 e. The van der Waals surface area contributed by atoms with Gasteiger partial charge in [-0.05, 0) is 32.7 Å². The van der Waals surface area contributed by atoms with Crippen LogP contribution in [-0.2, 0) is 12.8 Å². The summed E-state index contributed by atoms with van der Waals surface area (Å²) in [4.78, 5) is 19.7. The molecule has 166 valence electrons. The third kappa shape index (κ3) is 6.38. The van der Waals surface area contributed by atoms with Crippen LogP contribution < -0.4 is 10.6 Å². The van der Waals surface area contributed by atoms with Crippen LogP contribution in [0.4, 0.5) is 11.8 Å². The molecule has 1 aliphatic heterocycles. The molecule has 2 aliphatic rings. The lowest BCUT2D eigenvalue weighted by Gasteiger charge is -2.33. The molecule has 30 heavy (non-hydrogen) atoms. The van der Waals surface area contributed by atoms with Gasteiger partial charge in [-0.3, -0.25) is 0 Å². The maximum absolute atomic E-state index is 5.97. The van der Waals surface area contributed by atoms with Crippen LogP contribution in [0.5, 0.6) is 0 Å². The van der Waals surface area contributed by atoms with Gasteiger partial charge in [0.05, 0.1) is 5.69 Å². The maximum atomic E-state index is 5.97. The fraction of sp³-hybridized carbons (Fsp3) is 0.696. The van der Waals surface area contributed by atoms with Gasteiger partial charge >= 0.3 is 0 Å². The van der Waals surface area contributed by atoms with Gasteiger partial charge < -0.3 is 15.5 Å². The number of aryl methyl sites for hydroxylation is 2. The third-order valence-electron chi connectivity index (χ3n) is 5.83. The Labute approximate surface area is 185 Å². The minimum absolute atomic E-state index is 0.338. The first-order chi connectivity index (χ1) is 14.6. The quantitative estimate of drug-likeness (QED) is 0.665. The van der Waals surface area contributed by atoms with Crippen LogP contribution in [0.25, 0.3) is 10.7 Å². The Morgan fingerprint density at radius 2 is 1.63 bits per heavy atom. The molecule has 2 N–H and O–H groups in total. The molecular weight excluding hydrogens is 392 g/mol. The second kappa shape index (κ2) is 11.6. The Balaban J connectivity index is 0.000000318. The number of thiazole rings is 1. The molecule has 1 aliphatic carbocycles. The Hall–Kier alpha value is -1.73. The third-order valence-corrected chi connectivity index (χ3v) is 7.01. The van der Waals surface area contributed by atoms with E-state index in [1.165, 1.54) is 55.5 Å². The van der Waals surface area contributed by atoms with Gasteiger partial charge in [-0.25, -0.2) is 9.97 Å². The van der Waals surface area contributed by atoms with Gasteiger partial charge in [0.1, 0.15) is 16.5 Å². The number of nitrogen functional groups attached to an aromatic ring is 1. The zero-order valence-corrected chi connectivity index (χ0v) is 19.8. The Kier molecular flexibility index (Phi) is 8.88. The number of hydrogen-bond donors (Lipinski definition) is 1. The molecule has 2 aromatic rings. The summed E-state index contributed by atoms with van der Waals surface area (Å²) >= 11 is 1.77. The number of likely N-dealkylation sites (N-methyl/N-ethyl adjacent to an activating group) is 1. The summed E-state index contributed by atoms with van der Waals surface area (Å²) in [6, 6.07) is 2.05. The minimum Gasteiger partial charge on any atom is -0.368 e. The number of nitrogens with zero attached hydrogens (tertiary/aromatic N) is 5. The van der Waals surface area contributed by atoms with Crippen LogP contribution in [0, 0.1) is 0 Å². The predicted octanol–water partition coefficient (Wildman–Crippen LogP) is 4.79. The minimum atomic E-state index is 0.338. The van der Waals surface area contributed by atoms with Crippen molar-refractivity contribution in [1.82, 2.24) is 19.9 Å². The van der Waals surface area contributed by atoms with E-state index in [-0.39, 0.29) is 0 Å². The second-order valence-electron chi connectivity index (χ2n) is 8.42. The number of piperazine rings is 1. The van der Waals surface area contributed by atoms with E-state index >= 15 is 0 Å². The monoisotopic (exact) mass is 430 g/mol. The highest BCUT2D eigenvalue weighted by atomic mass is 32.1. The average molecular weight is 431 g/mol. The van der Waals surface area contributed by atoms with E-state index in [1.807, 2.05) is 6.07 Å². The average Bonchev–Trinajstić information content (AvgIpc) is 3.19.